The van der Waals surface area contributed by atoms with Crippen molar-refractivity contribution in [2.24, 2.45) is 0 Å². The number of pyridine rings is 1. The molecule has 0 aliphatic carbocycles. The van der Waals surface area contributed by atoms with Crippen molar-refractivity contribution in [1.29, 1.82) is 0 Å². The number of anilines is 1. The highest BCUT2D eigenvalue weighted by atomic mass is 19.1. The zero-order valence-electron chi connectivity index (χ0n) is 17.1. The number of benzene rings is 2. The molecule has 2 aromatic carbocycles. The lowest BCUT2D eigenvalue weighted by molar-refractivity contribution is -0.387. The molecule has 0 saturated heterocycles. The molecule has 33 heavy (non-hydrogen) atoms. The van der Waals surface area contributed by atoms with Crippen LogP contribution in [0.2, 0.25) is 0 Å². The summed E-state index contributed by atoms with van der Waals surface area (Å²) < 4.78 is 23.8. The molecule has 0 radical (unpaired) electrons. The van der Waals surface area contributed by atoms with Crippen molar-refractivity contribution in [1.82, 2.24) is 10.1 Å². The zero-order chi connectivity index (χ0) is 23.5. The number of hydrogen-bond donors (Lipinski definition) is 1. The number of hydrogen-bond acceptors (Lipinski definition) is 8. The molecule has 2 heterocycles. The first-order valence-corrected chi connectivity index (χ1v) is 9.57. The predicted octanol–water partition coefficient (Wildman–Crippen LogP) is 4.04. The van der Waals surface area contributed by atoms with E-state index in [0.29, 0.717) is 16.8 Å². The Hall–Kier alpha value is -4.67. The van der Waals surface area contributed by atoms with Gasteiger partial charge in [-0.1, -0.05) is 35.5 Å². The Morgan fingerprint density at radius 2 is 1.94 bits per heavy atom. The molecule has 0 atom stereocenters. The third kappa shape index (κ3) is 4.51. The molecule has 2 aromatic heterocycles. The molecular weight excluding hydrogens is 435 g/mol. The van der Waals surface area contributed by atoms with Crippen molar-refractivity contribution in [3.63, 3.8) is 0 Å². The fourth-order valence-electron chi connectivity index (χ4n) is 3.15. The van der Waals surface area contributed by atoms with Crippen LogP contribution in [0.1, 0.15) is 16.1 Å². The summed E-state index contributed by atoms with van der Waals surface area (Å²) in [6.07, 6.45) is 0. The van der Waals surface area contributed by atoms with Gasteiger partial charge in [-0.05, 0) is 25.1 Å². The van der Waals surface area contributed by atoms with E-state index in [1.54, 1.807) is 6.92 Å². The Bertz CT molecular complexity index is 1390. The average molecular weight is 450 g/mol. The van der Waals surface area contributed by atoms with E-state index in [9.17, 15) is 24.1 Å². The van der Waals surface area contributed by atoms with E-state index >= 15 is 0 Å². The normalized spacial score (nSPS) is 10.7. The number of nitro groups is 1. The van der Waals surface area contributed by atoms with Crippen LogP contribution in [0.15, 0.2) is 59.1 Å². The summed E-state index contributed by atoms with van der Waals surface area (Å²) in [4.78, 5) is 39.3. The molecule has 11 heteroatoms. The number of nitrogens with zero attached hydrogens (tertiary/aromatic N) is 3. The van der Waals surface area contributed by atoms with Gasteiger partial charge in [0, 0.05) is 17.3 Å². The van der Waals surface area contributed by atoms with Crippen LogP contribution in [0, 0.1) is 22.9 Å². The maximum absolute atomic E-state index is 13.4. The van der Waals surface area contributed by atoms with E-state index in [4.69, 9.17) is 9.26 Å². The number of halogens is 1. The highest BCUT2D eigenvalue weighted by Gasteiger charge is 2.22. The first kappa shape index (κ1) is 21.6. The van der Waals surface area contributed by atoms with Crippen molar-refractivity contribution in [3.05, 3.63) is 81.8 Å². The van der Waals surface area contributed by atoms with Crippen LogP contribution in [-0.4, -0.2) is 33.5 Å². The van der Waals surface area contributed by atoms with Gasteiger partial charge in [0.15, 0.2) is 6.61 Å². The fourth-order valence-corrected chi connectivity index (χ4v) is 3.15. The number of esters is 1. The Morgan fingerprint density at radius 3 is 2.67 bits per heavy atom. The summed E-state index contributed by atoms with van der Waals surface area (Å²) in [6.45, 7) is 0.958. The second-order valence-electron chi connectivity index (χ2n) is 6.92. The van der Waals surface area contributed by atoms with E-state index in [1.165, 1.54) is 6.07 Å². The number of carbonyl (C=O) groups excluding carboxylic acids is 2. The summed E-state index contributed by atoms with van der Waals surface area (Å²) in [5.74, 6) is -2.62. The molecule has 10 nitrogen and oxygen atoms in total. The van der Waals surface area contributed by atoms with E-state index in [0.717, 1.165) is 23.8 Å². The first-order valence-electron chi connectivity index (χ1n) is 9.57. The average Bonchev–Trinajstić information content (AvgIpc) is 3.19. The summed E-state index contributed by atoms with van der Waals surface area (Å²) in [6, 6.07) is 13.5. The number of amides is 1. The minimum absolute atomic E-state index is 0.0170. The molecule has 0 unspecified atom stereocenters. The fraction of sp³-hybridized carbons (Fsp3) is 0.0909. The van der Waals surface area contributed by atoms with Gasteiger partial charge in [0.2, 0.25) is 5.82 Å². The molecule has 4 aromatic rings. The summed E-state index contributed by atoms with van der Waals surface area (Å²) in [7, 11) is 0. The molecule has 0 bridgehead atoms. The maximum atomic E-state index is 13.4. The van der Waals surface area contributed by atoms with Crippen LogP contribution in [-0.2, 0) is 9.53 Å². The summed E-state index contributed by atoms with van der Waals surface area (Å²) >= 11 is 0. The summed E-state index contributed by atoms with van der Waals surface area (Å²) in [5, 5.41) is 17.4. The predicted molar refractivity (Wildman–Crippen MR) is 114 cm³/mol. The second-order valence-corrected chi connectivity index (χ2v) is 6.92. The molecule has 0 aliphatic heterocycles. The number of aromatic nitrogens is 2. The number of nitrogens with one attached hydrogen (secondary N) is 1. The summed E-state index contributed by atoms with van der Waals surface area (Å²) in [5.41, 5.74) is 1.06. The van der Waals surface area contributed by atoms with Gasteiger partial charge < -0.3 is 14.6 Å². The van der Waals surface area contributed by atoms with Crippen molar-refractivity contribution < 1.29 is 28.2 Å². The number of ether oxygens (including phenoxy) is 1. The lowest BCUT2D eigenvalue weighted by atomic mass is 10.1. The van der Waals surface area contributed by atoms with Gasteiger partial charge in [0.1, 0.15) is 0 Å². The van der Waals surface area contributed by atoms with Crippen LogP contribution < -0.4 is 5.32 Å². The largest absolute Gasteiger partial charge is 0.452 e. The SMILES string of the molecule is Cc1noc2nc(-c3ccccc3)cc(C(=O)OCC(=O)Nc3ccc(F)c([N+](=O)[O-])c3)c12. The van der Waals surface area contributed by atoms with E-state index < -0.39 is 34.9 Å². The number of nitro benzene ring substituents is 1. The van der Waals surface area contributed by atoms with Gasteiger partial charge in [0.05, 0.1) is 27.3 Å². The van der Waals surface area contributed by atoms with Crippen molar-refractivity contribution in [2.45, 2.75) is 6.92 Å². The third-order valence-corrected chi connectivity index (χ3v) is 4.67. The van der Waals surface area contributed by atoms with E-state index in [-0.39, 0.29) is 17.0 Å². The topological polar surface area (TPSA) is 137 Å². The number of carbonyl (C=O) groups is 2. The van der Waals surface area contributed by atoms with Crippen molar-refractivity contribution >= 4 is 34.4 Å². The Labute approximate surface area is 185 Å². The van der Waals surface area contributed by atoms with Crippen LogP contribution in [0.25, 0.3) is 22.4 Å². The molecule has 1 N–H and O–H groups in total. The highest BCUT2D eigenvalue weighted by Crippen LogP contribution is 2.27. The molecule has 0 saturated carbocycles. The Morgan fingerprint density at radius 1 is 1.18 bits per heavy atom. The minimum Gasteiger partial charge on any atom is -0.452 e. The smallest absolute Gasteiger partial charge is 0.339 e. The zero-order valence-corrected chi connectivity index (χ0v) is 17.1. The van der Waals surface area contributed by atoms with Crippen molar-refractivity contribution in [2.75, 3.05) is 11.9 Å². The quantitative estimate of drug-likeness (QED) is 0.264. The van der Waals surface area contributed by atoms with Crippen molar-refractivity contribution in [3.8, 4) is 11.3 Å². The van der Waals surface area contributed by atoms with Crippen LogP contribution in [0.4, 0.5) is 15.8 Å². The number of aryl methyl sites for hydroxylation is 1. The molecule has 0 aliphatic rings. The number of rotatable bonds is 6. The molecule has 1 amide bonds. The van der Waals surface area contributed by atoms with E-state index in [2.05, 4.69) is 15.5 Å². The second kappa shape index (κ2) is 8.83. The monoisotopic (exact) mass is 450 g/mol. The van der Waals surface area contributed by atoms with Gasteiger partial charge in [-0.15, -0.1) is 0 Å². The third-order valence-electron chi connectivity index (χ3n) is 4.67. The lowest BCUT2D eigenvalue weighted by Crippen LogP contribution is -2.21. The maximum Gasteiger partial charge on any atom is 0.339 e. The van der Waals surface area contributed by atoms with Crippen LogP contribution in [0.3, 0.4) is 0 Å². The molecule has 0 fully saturated rings. The first-order chi connectivity index (χ1) is 15.8. The van der Waals surface area contributed by atoms with Gasteiger partial charge >= 0.3 is 11.7 Å². The van der Waals surface area contributed by atoms with Crippen LogP contribution in [0.5, 0.6) is 0 Å². The number of fused-ring (bicyclic) bond motifs is 1. The molecule has 166 valence electrons. The molecule has 0 spiro atoms. The standard InChI is InChI=1S/C22H15FN4O6/c1-12-20-15(10-17(25-21(20)33-26-12)13-5-3-2-4-6-13)22(29)32-11-19(28)24-14-7-8-16(23)18(9-14)27(30)31/h2-10H,11H2,1H3,(H,24,28). The lowest BCUT2D eigenvalue weighted by Gasteiger charge is -2.09. The highest BCUT2D eigenvalue weighted by molar-refractivity contribution is 6.05. The Balaban J connectivity index is 1.53. The van der Waals surface area contributed by atoms with Gasteiger partial charge in [-0.3, -0.25) is 14.9 Å². The molecule has 4 rings (SSSR count). The minimum atomic E-state index is -1.04. The van der Waals surface area contributed by atoms with Gasteiger partial charge in [-0.2, -0.15) is 4.39 Å². The van der Waals surface area contributed by atoms with Crippen LogP contribution >= 0.6 is 0 Å². The molecular formula is C22H15FN4O6. The van der Waals surface area contributed by atoms with Gasteiger partial charge in [0.25, 0.3) is 11.6 Å². The van der Waals surface area contributed by atoms with E-state index in [1.807, 2.05) is 30.3 Å². The van der Waals surface area contributed by atoms with Gasteiger partial charge in [-0.25, -0.2) is 9.78 Å². The Kier molecular flexibility index (Phi) is 5.77.